The van der Waals surface area contributed by atoms with Crippen molar-refractivity contribution >= 4 is 11.6 Å². The third-order valence-electron chi connectivity index (χ3n) is 6.87. The number of hydrogen-bond acceptors (Lipinski definition) is 4. The minimum atomic E-state index is -4.31. The van der Waals surface area contributed by atoms with E-state index in [4.69, 9.17) is 10.7 Å². The Morgan fingerprint density at radius 1 is 0.892 bits per heavy atom. The fourth-order valence-corrected chi connectivity index (χ4v) is 4.78. The van der Waals surface area contributed by atoms with Gasteiger partial charge in [0.1, 0.15) is 5.65 Å². The molecule has 1 fully saturated rings. The first-order chi connectivity index (χ1) is 17.7. The highest BCUT2D eigenvalue weighted by Crippen LogP contribution is 2.30. The summed E-state index contributed by atoms with van der Waals surface area (Å²) in [7, 11) is 0. The third kappa shape index (κ3) is 5.38. The average Bonchev–Trinajstić information content (AvgIpc) is 3.04. The molecule has 0 aliphatic carbocycles. The van der Waals surface area contributed by atoms with Crippen molar-refractivity contribution in [2.75, 3.05) is 26.2 Å². The van der Waals surface area contributed by atoms with Crippen molar-refractivity contribution in [3.63, 3.8) is 0 Å². The van der Waals surface area contributed by atoms with E-state index in [1.165, 1.54) is 0 Å². The molecule has 9 heteroatoms. The third-order valence-corrected chi connectivity index (χ3v) is 6.87. The summed E-state index contributed by atoms with van der Waals surface area (Å²) >= 11 is 0. The molecule has 2 N–H and O–H groups in total. The first kappa shape index (κ1) is 25.0. The SMILES string of the molecule is Cc1ccc(-c2nc3ccc(-c4ccc(C(N)=O)cc4)cn3c2CN2CCCN(C(F)(F)F)CC2)cc1. The predicted octanol–water partition coefficient (Wildman–Crippen LogP) is 5.10. The Morgan fingerprint density at radius 3 is 2.24 bits per heavy atom. The summed E-state index contributed by atoms with van der Waals surface area (Å²) in [5, 5.41) is 0. The Hall–Kier alpha value is -3.69. The maximum absolute atomic E-state index is 13.3. The van der Waals surface area contributed by atoms with Crippen LogP contribution in [0.4, 0.5) is 13.2 Å². The smallest absolute Gasteiger partial charge is 0.366 e. The number of aromatic nitrogens is 2. The number of imidazole rings is 1. The number of benzene rings is 2. The number of rotatable bonds is 5. The number of aryl methyl sites for hydroxylation is 1. The van der Waals surface area contributed by atoms with Gasteiger partial charge in [0.2, 0.25) is 5.91 Å². The quantitative estimate of drug-likeness (QED) is 0.382. The van der Waals surface area contributed by atoms with Crippen LogP contribution in [0, 0.1) is 6.92 Å². The number of fused-ring (bicyclic) bond motifs is 1. The van der Waals surface area contributed by atoms with Gasteiger partial charge in [0.25, 0.3) is 0 Å². The van der Waals surface area contributed by atoms with E-state index in [1.807, 2.05) is 66.1 Å². The second kappa shape index (κ2) is 9.99. The second-order valence-electron chi connectivity index (χ2n) is 9.45. The van der Waals surface area contributed by atoms with Crippen molar-refractivity contribution < 1.29 is 18.0 Å². The zero-order chi connectivity index (χ0) is 26.2. The normalized spacial score (nSPS) is 15.7. The van der Waals surface area contributed by atoms with Crippen LogP contribution in [0.2, 0.25) is 0 Å². The summed E-state index contributed by atoms with van der Waals surface area (Å²) in [4.78, 5) is 19.0. The van der Waals surface area contributed by atoms with E-state index in [-0.39, 0.29) is 13.1 Å². The lowest BCUT2D eigenvalue weighted by molar-refractivity contribution is -0.244. The molecule has 1 amide bonds. The van der Waals surface area contributed by atoms with Crippen LogP contribution < -0.4 is 5.73 Å². The molecule has 37 heavy (non-hydrogen) atoms. The highest BCUT2D eigenvalue weighted by Gasteiger charge is 2.37. The fraction of sp³-hybridized carbons (Fsp3) is 0.286. The lowest BCUT2D eigenvalue weighted by atomic mass is 10.1. The molecule has 3 heterocycles. The molecule has 2 aromatic heterocycles. The van der Waals surface area contributed by atoms with Crippen LogP contribution in [0.1, 0.15) is 28.0 Å². The lowest BCUT2D eigenvalue weighted by Crippen LogP contribution is -2.40. The van der Waals surface area contributed by atoms with Crippen LogP contribution >= 0.6 is 0 Å². The van der Waals surface area contributed by atoms with Gasteiger partial charge >= 0.3 is 6.30 Å². The highest BCUT2D eigenvalue weighted by molar-refractivity contribution is 5.93. The molecule has 0 atom stereocenters. The van der Waals surface area contributed by atoms with Crippen molar-refractivity contribution in [2.24, 2.45) is 5.73 Å². The fourth-order valence-electron chi connectivity index (χ4n) is 4.78. The molecule has 0 bridgehead atoms. The molecule has 0 radical (unpaired) electrons. The summed E-state index contributed by atoms with van der Waals surface area (Å²) < 4.78 is 41.9. The summed E-state index contributed by atoms with van der Waals surface area (Å²) in [6.07, 6.45) is -1.88. The van der Waals surface area contributed by atoms with E-state index in [0.717, 1.165) is 39.3 Å². The van der Waals surface area contributed by atoms with Crippen molar-refractivity contribution in [1.82, 2.24) is 19.2 Å². The Bertz CT molecular complexity index is 1410. The monoisotopic (exact) mass is 507 g/mol. The number of nitrogens with zero attached hydrogens (tertiary/aromatic N) is 4. The number of hydrogen-bond donors (Lipinski definition) is 1. The number of amides is 1. The van der Waals surface area contributed by atoms with E-state index in [1.54, 1.807) is 12.1 Å². The lowest BCUT2D eigenvalue weighted by Gasteiger charge is -2.23. The molecular formula is C28H28F3N5O. The Morgan fingerprint density at radius 2 is 1.57 bits per heavy atom. The van der Waals surface area contributed by atoms with Crippen LogP contribution in [0.3, 0.4) is 0 Å². The van der Waals surface area contributed by atoms with E-state index < -0.39 is 12.2 Å². The van der Waals surface area contributed by atoms with Crippen molar-refractivity contribution in [3.05, 3.63) is 83.7 Å². The minimum absolute atomic E-state index is 0.00339. The summed E-state index contributed by atoms with van der Waals surface area (Å²) in [6, 6.07) is 19.1. The first-order valence-electron chi connectivity index (χ1n) is 12.2. The molecule has 1 aliphatic heterocycles. The van der Waals surface area contributed by atoms with Gasteiger partial charge in [-0.15, -0.1) is 0 Å². The van der Waals surface area contributed by atoms with E-state index in [9.17, 15) is 18.0 Å². The molecule has 0 unspecified atom stereocenters. The number of alkyl halides is 3. The number of halogens is 3. The molecule has 1 saturated heterocycles. The molecule has 2 aromatic carbocycles. The van der Waals surface area contributed by atoms with Gasteiger partial charge in [0, 0.05) is 43.5 Å². The molecule has 6 nitrogen and oxygen atoms in total. The van der Waals surface area contributed by atoms with Gasteiger partial charge in [-0.05, 0) is 55.3 Å². The zero-order valence-corrected chi connectivity index (χ0v) is 20.5. The van der Waals surface area contributed by atoms with Crippen molar-refractivity contribution in [2.45, 2.75) is 26.2 Å². The maximum Gasteiger partial charge on any atom is 0.459 e. The van der Waals surface area contributed by atoms with Crippen molar-refractivity contribution in [1.29, 1.82) is 0 Å². The Balaban J connectivity index is 1.54. The van der Waals surface area contributed by atoms with Gasteiger partial charge in [-0.1, -0.05) is 42.0 Å². The summed E-state index contributed by atoms with van der Waals surface area (Å²) in [5.74, 6) is -0.483. The highest BCUT2D eigenvalue weighted by atomic mass is 19.4. The van der Waals surface area contributed by atoms with Gasteiger partial charge in [-0.2, -0.15) is 13.2 Å². The van der Waals surface area contributed by atoms with E-state index in [0.29, 0.717) is 36.5 Å². The van der Waals surface area contributed by atoms with Gasteiger partial charge in [0.15, 0.2) is 0 Å². The van der Waals surface area contributed by atoms with Gasteiger partial charge in [-0.3, -0.25) is 9.69 Å². The number of pyridine rings is 1. The van der Waals surface area contributed by atoms with Crippen LogP contribution in [0.5, 0.6) is 0 Å². The number of carbonyl (C=O) groups is 1. The Labute approximate surface area is 213 Å². The molecule has 0 saturated carbocycles. The standard InChI is InChI=1S/C28H28F3N5O/c1-19-3-5-21(6-4-19)26-24(18-34-13-2-14-35(16-15-34)28(29,30)31)36-17-23(11-12-25(36)33-26)20-7-9-22(10-8-20)27(32)37/h3-12,17H,2,13-16,18H2,1H3,(H2,32,37). The number of carbonyl (C=O) groups excluding carboxylic acids is 1. The van der Waals surface area contributed by atoms with Crippen LogP contribution in [-0.2, 0) is 6.54 Å². The van der Waals surface area contributed by atoms with E-state index >= 15 is 0 Å². The van der Waals surface area contributed by atoms with Crippen LogP contribution in [-0.4, -0.2) is 57.6 Å². The molecule has 192 valence electrons. The van der Waals surface area contributed by atoms with Gasteiger partial charge < -0.3 is 10.1 Å². The number of primary amides is 1. The molecule has 4 aromatic rings. The van der Waals surface area contributed by atoms with Crippen molar-refractivity contribution in [3.8, 4) is 22.4 Å². The molecule has 1 aliphatic rings. The summed E-state index contributed by atoms with van der Waals surface area (Å²) in [6.45, 7) is 3.32. The molecule has 5 rings (SSSR count). The predicted molar refractivity (Wildman–Crippen MR) is 137 cm³/mol. The zero-order valence-electron chi connectivity index (χ0n) is 20.5. The van der Waals surface area contributed by atoms with Gasteiger partial charge in [-0.25, -0.2) is 9.88 Å². The average molecular weight is 508 g/mol. The maximum atomic E-state index is 13.3. The minimum Gasteiger partial charge on any atom is -0.366 e. The molecular weight excluding hydrogens is 479 g/mol. The first-order valence-corrected chi connectivity index (χ1v) is 12.2. The van der Waals surface area contributed by atoms with Crippen LogP contribution in [0.15, 0.2) is 66.9 Å². The second-order valence-corrected chi connectivity index (χ2v) is 9.45. The van der Waals surface area contributed by atoms with E-state index in [2.05, 4.69) is 4.90 Å². The largest absolute Gasteiger partial charge is 0.459 e. The van der Waals surface area contributed by atoms with Gasteiger partial charge in [0.05, 0.1) is 11.4 Å². The molecule has 0 spiro atoms. The number of nitrogens with two attached hydrogens (primary N) is 1. The topological polar surface area (TPSA) is 66.9 Å². The van der Waals surface area contributed by atoms with Crippen LogP contribution in [0.25, 0.3) is 28.0 Å². The Kier molecular flexibility index (Phi) is 6.74. The summed E-state index contributed by atoms with van der Waals surface area (Å²) in [5.41, 5.74) is 12.3.